The molecular formula is C16H18Cl2N2O. The lowest BCUT2D eigenvalue weighted by atomic mass is 9.90. The van der Waals surface area contributed by atoms with Crippen LogP contribution in [0.2, 0.25) is 10.0 Å². The van der Waals surface area contributed by atoms with E-state index in [1.807, 2.05) is 13.0 Å². The van der Waals surface area contributed by atoms with Crippen LogP contribution in [0.3, 0.4) is 0 Å². The molecule has 0 saturated carbocycles. The van der Waals surface area contributed by atoms with Gasteiger partial charge >= 0.3 is 0 Å². The highest BCUT2D eigenvalue weighted by atomic mass is 35.5. The van der Waals surface area contributed by atoms with Crippen LogP contribution in [0, 0.1) is 13.8 Å². The Bertz CT molecular complexity index is 758. The van der Waals surface area contributed by atoms with Gasteiger partial charge in [-0.05, 0) is 19.9 Å². The lowest BCUT2D eigenvalue weighted by Crippen LogP contribution is -2.15. The molecule has 2 heterocycles. The van der Waals surface area contributed by atoms with E-state index in [1.165, 1.54) is 6.07 Å². The fraction of sp³-hybridized carbons (Fsp3) is 0.375. The number of hydrogen-bond acceptors (Lipinski definition) is 2. The first kappa shape index (κ1) is 16.1. The zero-order chi connectivity index (χ0) is 15.9. The lowest BCUT2D eigenvalue weighted by Gasteiger charge is -2.21. The molecular weight excluding hydrogens is 307 g/mol. The zero-order valence-electron chi connectivity index (χ0n) is 12.8. The Kier molecular flexibility index (Phi) is 4.18. The van der Waals surface area contributed by atoms with E-state index in [2.05, 4.69) is 30.7 Å². The van der Waals surface area contributed by atoms with Crippen molar-refractivity contribution in [3.05, 3.63) is 49.5 Å². The number of aromatic nitrogens is 2. The first-order chi connectivity index (χ1) is 9.61. The van der Waals surface area contributed by atoms with Crippen LogP contribution in [0.25, 0.3) is 11.3 Å². The Morgan fingerprint density at radius 1 is 1.14 bits per heavy atom. The number of aromatic amines is 1. The molecule has 2 aromatic heterocycles. The van der Waals surface area contributed by atoms with Crippen molar-refractivity contribution in [3.8, 4) is 11.3 Å². The van der Waals surface area contributed by atoms with Gasteiger partial charge in [-0.3, -0.25) is 9.78 Å². The van der Waals surface area contributed by atoms with E-state index < -0.39 is 0 Å². The number of H-pyrrole nitrogens is 1. The van der Waals surface area contributed by atoms with Crippen molar-refractivity contribution in [1.82, 2.24) is 9.97 Å². The van der Waals surface area contributed by atoms with E-state index in [4.69, 9.17) is 23.2 Å². The molecule has 21 heavy (non-hydrogen) atoms. The summed E-state index contributed by atoms with van der Waals surface area (Å²) in [6.45, 7) is 9.86. The van der Waals surface area contributed by atoms with Gasteiger partial charge in [0.2, 0.25) is 5.43 Å². The van der Waals surface area contributed by atoms with E-state index in [1.54, 1.807) is 6.92 Å². The minimum atomic E-state index is -0.210. The largest absolute Gasteiger partial charge is 0.357 e. The van der Waals surface area contributed by atoms with Crippen molar-refractivity contribution < 1.29 is 0 Å². The van der Waals surface area contributed by atoms with Crippen LogP contribution < -0.4 is 5.43 Å². The van der Waals surface area contributed by atoms with Gasteiger partial charge < -0.3 is 4.98 Å². The second-order valence-electron chi connectivity index (χ2n) is 6.19. The van der Waals surface area contributed by atoms with Crippen LogP contribution >= 0.6 is 23.2 Å². The monoisotopic (exact) mass is 324 g/mol. The van der Waals surface area contributed by atoms with E-state index in [-0.39, 0.29) is 15.9 Å². The smallest absolute Gasteiger partial charge is 0.201 e. The molecule has 2 rings (SSSR count). The van der Waals surface area contributed by atoms with Crippen molar-refractivity contribution in [2.24, 2.45) is 0 Å². The average Bonchev–Trinajstić information content (AvgIpc) is 2.36. The minimum absolute atomic E-state index is 0.135. The van der Waals surface area contributed by atoms with Crippen LogP contribution in [0.4, 0.5) is 0 Å². The number of nitrogens with zero attached hydrogens (tertiary/aromatic N) is 1. The predicted molar refractivity (Wildman–Crippen MR) is 88.5 cm³/mol. The SMILES string of the molecule is Cc1nc(C(C)(C)C)c(Cl)cc1-c1cc(=O)c(Cl)c(C)[nH]1. The molecule has 0 aliphatic carbocycles. The second-order valence-corrected chi connectivity index (χ2v) is 6.97. The first-order valence-corrected chi connectivity index (χ1v) is 7.44. The van der Waals surface area contributed by atoms with Gasteiger partial charge in [0.15, 0.2) is 0 Å². The maximum atomic E-state index is 11.9. The molecule has 0 atom stereocenters. The van der Waals surface area contributed by atoms with Crippen LogP contribution in [0.15, 0.2) is 16.9 Å². The Hall–Kier alpha value is -1.32. The highest BCUT2D eigenvalue weighted by molar-refractivity contribution is 6.31. The summed E-state index contributed by atoms with van der Waals surface area (Å²) in [6.07, 6.45) is 0. The number of pyridine rings is 2. The van der Waals surface area contributed by atoms with Crippen molar-refractivity contribution in [3.63, 3.8) is 0 Å². The van der Waals surface area contributed by atoms with Crippen molar-refractivity contribution >= 4 is 23.2 Å². The lowest BCUT2D eigenvalue weighted by molar-refractivity contribution is 0.567. The van der Waals surface area contributed by atoms with Gasteiger partial charge in [0.05, 0.1) is 16.4 Å². The summed E-state index contributed by atoms with van der Waals surface area (Å²) in [5.74, 6) is 0. The Balaban J connectivity index is 2.67. The summed E-state index contributed by atoms with van der Waals surface area (Å²) in [7, 11) is 0. The van der Waals surface area contributed by atoms with Gasteiger partial charge in [-0.15, -0.1) is 0 Å². The third kappa shape index (κ3) is 3.14. The standard InChI is InChI=1S/C16H18Cl2N2O/c1-8-10(6-11(17)15(20-8)16(3,4)5)12-7-13(21)14(18)9(2)19-12/h6-7H,1-5H3,(H,19,21). The summed E-state index contributed by atoms with van der Waals surface area (Å²) in [6, 6.07) is 3.33. The molecule has 0 aliphatic heterocycles. The van der Waals surface area contributed by atoms with Crippen molar-refractivity contribution in [2.45, 2.75) is 40.0 Å². The van der Waals surface area contributed by atoms with Crippen molar-refractivity contribution in [2.75, 3.05) is 0 Å². The molecule has 0 bridgehead atoms. The summed E-state index contributed by atoms with van der Waals surface area (Å²) < 4.78 is 0. The third-order valence-corrected chi connectivity index (χ3v) is 4.07. The van der Waals surface area contributed by atoms with Gasteiger partial charge in [-0.1, -0.05) is 44.0 Å². The molecule has 3 nitrogen and oxygen atoms in total. The molecule has 0 fully saturated rings. The Morgan fingerprint density at radius 3 is 2.29 bits per heavy atom. The summed E-state index contributed by atoms with van der Waals surface area (Å²) in [5.41, 5.74) is 3.44. The summed E-state index contributed by atoms with van der Waals surface area (Å²) in [5, 5.41) is 0.804. The first-order valence-electron chi connectivity index (χ1n) is 6.68. The van der Waals surface area contributed by atoms with Crippen LogP contribution in [0.1, 0.15) is 37.9 Å². The van der Waals surface area contributed by atoms with Crippen LogP contribution in [-0.4, -0.2) is 9.97 Å². The normalized spacial score (nSPS) is 11.8. The molecule has 1 N–H and O–H groups in total. The number of halogens is 2. The predicted octanol–water partition coefficient (Wildman–Crippen LogP) is 4.66. The number of rotatable bonds is 1. The molecule has 0 aliphatic rings. The van der Waals surface area contributed by atoms with E-state index >= 15 is 0 Å². The average molecular weight is 325 g/mol. The molecule has 5 heteroatoms. The Morgan fingerprint density at radius 2 is 1.76 bits per heavy atom. The van der Waals surface area contributed by atoms with Gasteiger partial charge in [0.25, 0.3) is 0 Å². The van der Waals surface area contributed by atoms with Gasteiger partial charge in [0.1, 0.15) is 5.02 Å². The second kappa shape index (κ2) is 5.47. The maximum absolute atomic E-state index is 11.9. The van der Waals surface area contributed by atoms with Gasteiger partial charge in [0, 0.05) is 28.4 Å². The zero-order valence-corrected chi connectivity index (χ0v) is 14.3. The third-order valence-electron chi connectivity index (χ3n) is 3.31. The summed E-state index contributed by atoms with van der Waals surface area (Å²) >= 11 is 12.3. The maximum Gasteiger partial charge on any atom is 0.201 e. The minimum Gasteiger partial charge on any atom is -0.357 e. The molecule has 0 spiro atoms. The number of nitrogens with one attached hydrogen (secondary N) is 1. The molecule has 2 aromatic rings. The van der Waals surface area contributed by atoms with E-state index in [0.29, 0.717) is 16.4 Å². The van der Waals surface area contributed by atoms with Gasteiger partial charge in [-0.2, -0.15) is 0 Å². The molecule has 0 radical (unpaired) electrons. The Labute approximate surface area is 134 Å². The van der Waals surface area contributed by atoms with Crippen LogP contribution in [0.5, 0.6) is 0 Å². The molecule has 0 amide bonds. The molecule has 0 saturated heterocycles. The van der Waals surface area contributed by atoms with E-state index in [0.717, 1.165) is 17.0 Å². The fourth-order valence-corrected chi connectivity index (χ4v) is 2.73. The number of aryl methyl sites for hydroxylation is 2. The number of hydrogen-bond donors (Lipinski definition) is 1. The highest BCUT2D eigenvalue weighted by Gasteiger charge is 2.21. The quantitative estimate of drug-likeness (QED) is 0.829. The van der Waals surface area contributed by atoms with E-state index in [9.17, 15) is 4.79 Å². The highest BCUT2D eigenvalue weighted by Crippen LogP contribution is 2.32. The van der Waals surface area contributed by atoms with Gasteiger partial charge in [-0.25, -0.2) is 0 Å². The molecule has 112 valence electrons. The topological polar surface area (TPSA) is 45.8 Å². The van der Waals surface area contributed by atoms with Crippen molar-refractivity contribution in [1.29, 1.82) is 0 Å². The fourth-order valence-electron chi connectivity index (χ4n) is 2.20. The molecule has 0 aromatic carbocycles. The van der Waals surface area contributed by atoms with Crippen LogP contribution in [-0.2, 0) is 5.41 Å². The summed E-state index contributed by atoms with van der Waals surface area (Å²) in [4.78, 5) is 19.6. The molecule has 0 unspecified atom stereocenters.